The van der Waals surface area contributed by atoms with E-state index in [2.05, 4.69) is 31.0 Å². The van der Waals surface area contributed by atoms with E-state index in [4.69, 9.17) is 0 Å². The normalized spacial score (nSPS) is 12.7. The van der Waals surface area contributed by atoms with Crippen LogP contribution in [0.1, 0.15) is 65.7 Å². The van der Waals surface area contributed by atoms with E-state index in [1.54, 1.807) is 6.21 Å². The molecule has 0 aliphatic heterocycles. The maximum Gasteiger partial charge on any atom is 0.0263 e. The SMILES string of the molecule is C\C=N/C=C\C=C/CC(CCCC)CCCC. The van der Waals surface area contributed by atoms with E-state index in [1.165, 1.54) is 44.9 Å². The second-order valence-electron chi connectivity index (χ2n) is 4.56. The van der Waals surface area contributed by atoms with Gasteiger partial charge >= 0.3 is 0 Å². The van der Waals surface area contributed by atoms with Gasteiger partial charge in [0, 0.05) is 12.4 Å². The van der Waals surface area contributed by atoms with Gasteiger partial charge in [-0.1, -0.05) is 64.5 Å². The summed E-state index contributed by atoms with van der Waals surface area (Å²) in [6.45, 7) is 6.48. The first-order valence-electron chi connectivity index (χ1n) is 7.14. The summed E-state index contributed by atoms with van der Waals surface area (Å²) in [5.41, 5.74) is 0. The lowest BCUT2D eigenvalue weighted by Gasteiger charge is -2.13. The highest BCUT2D eigenvalue weighted by molar-refractivity contribution is 5.54. The fraction of sp³-hybridized carbons (Fsp3) is 0.688. The highest BCUT2D eigenvalue weighted by atomic mass is 14.6. The Morgan fingerprint density at radius 1 is 1.00 bits per heavy atom. The van der Waals surface area contributed by atoms with Crippen molar-refractivity contribution in [1.82, 2.24) is 0 Å². The number of unbranched alkanes of at least 4 members (excludes halogenated alkanes) is 2. The summed E-state index contributed by atoms with van der Waals surface area (Å²) in [6.07, 6.45) is 19.4. The van der Waals surface area contributed by atoms with Crippen LogP contribution in [0, 0.1) is 5.92 Å². The van der Waals surface area contributed by atoms with Crippen molar-refractivity contribution in [2.24, 2.45) is 10.9 Å². The van der Waals surface area contributed by atoms with Crippen molar-refractivity contribution < 1.29 is 0 Å². The Morgan fingerprint density at radius 3 is 2.18 bits per heavy atom. The first-order valence-corrected chi connectivity index (χ1v) is 7.14. The van der Waals surface area contributed by atoms with E-state index < -0.39 is 0 Å². The second kappa shape index (κ2) is 13.2. The Labute approximate surface area is 108 Å². The minimum Gasteiger partial charge on any atom is -0.269 e. The number of nitrogens with zero attached hydrogens (tertiary/aromatic N) is 1. The summed E-state index contributed by atoms with van der Waals surface area (Å²) in [5.74, 6) is 0.884. The Balaban J connectivity index is 3.87. The van der Waals surface area contributed by atoms with Gasteiger partial charge in [0.1, 0.15) is 0 Å². The van der Waals surface area contributed by atoms with E-state index in [0.717, 1.165) is 5.92 Å². The molecule has 17 heavy (non-hydrogen) atoms. The summed E-state index contributed by atoms with van der Waals surface area (Å²) in [5, 5.41) is 0. The van der Waals surface area contributed by atoms with E-state index in [9.17, 15) is 0 Å². The largest absolute Gasteiger partial charge is 0.269 e. The van der Waals surface area contributed by atoms with Gasteiger partial charge in [0.05, 0.1) is 0 Å². The van der Waals surface area contributed by atoms with Crippen LogP contribution < -0.4 is 0 Å². The molecule has 0 rings (SSSR count). The van der Waals surface area contributed by atoms with Crippen LogP contribution in [0.4, 0.5) is 0 Å². The fourth-order valence-corrected chi connectivity index (χ4v) is 1.90. The van der Waals surface area contributed by atoms with Crippen molar-refractivity contribution in [3.05, 3.63) is 24.4 Å². The quantitative estimate of drug-likeness (QED) is 0.348. The van der Waals surface area contributed by atoms with Crippen molar-refractivity contribution in [1.29, 1.82) is 0 Å². The van der Waals surface area contributed by atoms with Crippen LogP contribution in [-0.4, -0.2) is 6.21 Å². The van der Waals surface area contributed by atoms with E-state index in [-0.39, 0.29) is 0 Å². The molecule has 1 heteroatoms. The van der Waals surface area contributed by atoms with Crippen LogP contribution in [0.3, 0.4) is 0 Å². The number of hydrogen-bond acceptors (Lipinski definition) is 1. The lowest BCUT2D eigenvalue weighted by Crippen LogP contribution is -1.99. The molecule has 98 valence electrons. The van der Waals surface area contributed by atoms with Crippen LogP contribution in [-0.2, 0) is 0 Å². The summed E-state index contributed by atoms with van der Waals surface area (Å²) in [6, 6.07) is 0. The molecule has 0 aliphatic rings. The molecule has 0 aromatic carbocycles. The molecule has 0 N–H and O–H groups in total. The Hall–Kier alpha value is -0.850. The van der Waals surface area contributed by atoms with Gasteiger partial charge in [-0.15, -0.1) is 0 Å². The van der Waals surface area contributed by atoms with E-state index in [0.29, 0.717) is 0 Å². The molecule has 0 spiro atoms. The fourth-order valence-electron chi connectivity index (χ4n) is 1.90. The van der Waals surface area contributed by atoms with E-state index in [1.807, 2.05) is 19.2 Å². The lowest BCUT2D eigenvalue weighted by molar-refractivity contribution is 0.423. The van der Waals surface area contributed by atoms with Crippen LogP contribution in [0.2, 0.25) is 0 Å². The van der Waals surface area contributed by atoms with Gasteiger partial charge in [-0.25, -0.2) is 0 Å². The molecule has 0 aliphatic carbocycles. The van der Waals surface area contributed by atoms with Crippen LogP contribution in [0.25, 0.3) is 0 Å². The van der Waals surface area contributed by atoms with Crippen LogP contribution in [0.5, 0.6) is 0 Å². The van der Waals surface area contributed by atoms with Crippen LogP contribution in [0.15, 0.2) is 29.4 Å². The molecule has 0 radical (unpaired) electrons. The maximum absolute atomic E-state index is 4.03. The molecule has 0 bridgehead atoms. The average Bonchev–Trinajstić information content (AvgIpc) is 2.35. The smallest absolute Gasteiger partial charge is 0.0263 e. The predicted molar refractivity (Wildman–Crippen MR) is 79.6 cm³/mol. The molecule has 0 fully saturated rings. The zero-order valence-corrected chi connectivity index (χ0v) is 11.9. The zero-order valence-electron chi connectivity index (χ0n) is 11.9. The zero-order chi connectivity index (χ0) is 12.8. The molecular weight excluding hydrogens is 206 g/mol. The average molecular weight is 235 g/mol. The third kappa shape index (κ3) is 11.4. The molecule has 0 saturated heterocycles. The Bertz CT molecular complexity index is 218. The second-order valence-corrected chi connectivity index (χ2v) is 4.56. The summed E-state index contributed by atoms with van der Waals surface area (Å²) in [4.78, 5) is 4.03. The minimum atomic E-state index is 0.884. The van der Waals surface area contributed by atoms with Gasteiger partial charge in [0.2, 0.25) is 0 Å². The molecule has 0 heterocycles. The summed E-state index contributed by atoms with van der Waals surface area (Å²) in [7, 11) is 0. The lowest BCUT2D eigenvalue weighted by atomic mass is 9.93. The molecule has 0 atom stereocenters. The monoisotopic (exact) mass is 235 g/mol. The van der Waals surface area contributed by atoms with Crippen molar-refractivity contribution >= 4 is 6.21 Å². The molecule has 0 aromatic rings. The van der Waals surface area contributed by atoms with Gasteiger partial charge in [0.15, 0.2) is 0 Å². The van der Waals surface area contributed by atoms with Gasteiger partial charge < -0.3 is 0 Å². The van der Waals surface area contributed by atoms with Gasteiger partial charge in [-0.05, 0) is 25.3 Å². The predicted octanol–water partition coefficient (Wildman–Crippen LogP) is 5.53. The standard InChI is InChI=1S/C16H29N/c1-4-7-12-16(13-8-5-2)14-10-9-11-15-17-6-3/h6,9-11,15-16H,4-5,7-8,12-14H2,1-3H3/b10-9-,15-11-,17-6-. The van der Waals surface area contributed by atoms with E-state index >= 15 is 0 Å². The van der Waals surface area contributed by atoms with Gasteiger partial charge in [-0.3, -0.25) is 4.99 Å². The first-order chi connectivity index (χ1) is 8.35. The number of aliphatic imine (C=N–C) groups is 1. The molecule has 0 unspecified atom stereocenters. The topological polar surface area (TPSA) is 12.4 Å². The highest BCUT2D eigenvalue weighted by Gasteiger charge is 2.05. The Kier molecular flexibility index (Phi) is 12.6. The van der Waals surface area contributed by atoms with Gasteiger partial charge in [0.25, 0.3) is 0 Å². The number of allylic oxidation sites excluding steroid dienone is 3. The maximum atomic E-state index is 4.03. The third-order valence-electron chi connectivity index (χ3n) is 2.97. The summed E-state index contributed by atoms with van der Waals surface area (Å²) >= 11 is 0. The minimum absolute atomic E-state index is 0.884. The molecule has 1 nitrogen and oxygen atoms in total. The third-order valence-corrected chi connectivity index (χ3v) is 2.97. The van der Waals surface area contributed by atoms with Crippen molar-refractivity contribution in [2.75, 3.05) is 0 Å². The van der Waals surface area contributed by atoms with Gasteiger partial charge in [-0.2, -0.15) is 0 Å². The molecular formula is C16H29N. The van der Waals surface area contributed by atoms with Crippen molar-refractivity contribution in [3.8, 4) is 0 Å². The number of rotatable bonds is 10. The molecule has 0 amide bonds. The van der Waals surface area contributed by atoms with Crippen LogP contribution >= 0.6 is 0 Å². The number of hydrogen-bond donors (Lipinski definition) is 0. The van der Waals surface area contributed by atoms with Crippen molar-refractivity contribution in [2.45, 2.75) is 65.7 Å². The summed E-state index contributed by atoms with van der Waals surface area (Å²) < 4.78 is 0. The molecule has 0 aromatic heterocycles. The Morgan fingerprint density at radius 2 is 1.65 bits per heavy atom. The first kappa shape index (κ1) is 16.1. The van der Waals surface area contributed by atoms with Crippen molar-refractivity contribution in [3.63, 3.8) is 0 Å². The highest BCUT2D eigenvalue weighted by Crippen LogP contribution is 2.20. The molecule has 0 saturated carbocycles.